The van der Waals surface area contributed by atoms with Crippen LogP contribution >= 0.6 is 0 Å². The lowest BCUT2D eigenvalue weighted by molar-refractivity contribution is -0.00594. The molecule has 0 bridgehead atoms. The molecule has 3 unspecified atom stereocenters. The van der Waals surface area contributed by atoms with Crippen molar-refractivity contribution in [2.24, 2.45) is 17.3 Å². The summed E-state index contributed by atoms with van der Waals surface area (Å²) in [6.07, 6.45) is 5.42. The summed E-state index contributed by atoms with van der Waals surface area (Å²) < 4.78 is 0. The van der Waals surface area contributed by atoms with Gasteiger partial charge in [0.25, 0.3) is 0 Å². The molecule has 0 heteroatoms. The minimum atomic E-state index is 0.421. The van der Waals surface area contributed by atoms with Crippen LogP contribution in [0, 0.1) is 17.3 Å². The molecule has 3 rings (SSSR count). The van der Waals surface area contributed by atoms with Gasteiger partial charge in [0, 0.05) is 0 Å². The first kappa shape index (κ1) is 12.3. The molecule has 0 aromatic heterocycles. The molecule has 0 nitrogen and oxygen atoms in total. The molecule has 0 saturated heterocycles. The summed E-state index contributed by atoms with van der Waals surface area (Å²) in [7, 11) is 0. The highest BCUT2D eigenvalue weighted by molar-refractivity contribution is 5.38. The van der Waals surface area contributed by atoms with Gasteiger partial charge in [-0.25, -0.2) is 0 Å². The van der Waals surface area contributed by atoms with E-state index in [2.05, 4.69) is 52.0 Å². The molecule has 0 spiro atoms. The van der Waals surface area contributed by atoms with E-state index in [-0.39, 0.29) is 0 Å². The second-order valence-corrected chi connectivity index (χ2v) is 7.43. The zero-order valence-electron chi connectivity index (χ0n) is 12.3. The highest BCUT2D eigenvalue weighted by Crippen LogP contribution is 2.58. The number of hydrogen-bond donors (Lipinski definition) is 0. The lowest BCUT2D eigenvalue weighted by atomic mass is 9.48. The van der Waals surface area contributed by atoms with Gasteiger partial charge in [-0.05, 0) is 59.5 Å². The zero-order chi connectivity index (χ0) is 13.0. The quantitative estimate of drug-likeness (QED) is 0.603. The molecule has 0 aliphatic heterocycles. The van der Waals surface area contributed by atoms with E-state index < -0.39 is 0 Å². The van der Waals surface area contributed by atoms with Crippen molar-refractivity contribution in [3.05, 3.63) is 35.4 Å². The number of fused-ring (bicyclic) bond motifs is 3. The summed E-state index contributed by atoms with van der Waals surface area (Å²) in [5.74, 6) is 1.71. The molecule has 1 saturated carbocycles. The van der Waals surface area contributed by atoms with Gasteiger partial charge < -0.3 is 0 Å². The lowest BCUT2D eigenvalue weighted by Gasteiger charge is -2.57. The van der Waals surface area contributed by atoms with Crippen molar-refractivity contribution in [2.45, 2.75) is 58.8 Å². The SMILES string of the molecule is CC1CCC2(C)c3ccccc3CCC2C1(C)C. The molecule has 0 radical (unpaired) electrons. The predicted octanol–water partition coefficient (Wildman–Crippen LogP) is 4.96. The molecule has 0 N–H and O–H groups in total. The molecule has 1 aromatic rings. The van der Waals surface area contributed by atoms with E-state index in [1.807, 2.05) is 0 Å². The maximum atomic E-state index is 2.53. The van der Waals surface area contributed by atoms with E-state index in [1.54, 1.807) is 11.1 Å². The molecule has 98 valence electrons. The summed E-state index contributed by atoms with van der Waals surface area (Å²) >= 11 is 0. The first-order chi connectivity index (χ1) is 8.46. The molecular formula is C18H26. The van der Waals surface area contributed by atoms with Gasteiger partial charge in [-0.15, -0.1) is 0 Å². The average molecular weight is 242 g/mol. The fourth-order valence-electron chi connectivity index (χ4n) is 4.84. The molecule has 1 fully saturated rings. The van der Waals surface area contributed by atoms with E-state index >= 15 is 0 Å². The van der Waals surface area contributed by atoms with Gasteiger partial charge in [-0.3, -0.25) is 0 Å². The average Bonchev–Trinajstić information content (AvgIpc) is 2.35. The Morgan fingerprint density at radius 2 is 1.78 bits per heavy atom. The van der Waals surface area contributed by atoms with E-state index in [1.165, 1.54) is 25.7 Å². The second-order valence-electron chi connectivity index (χ2n) is 7.43. The first-order valence-corrected chi connectivity index (χ1v) is 7.54. The van der Waals surface area contributed by atoms with E-state index in [0.717, 1.165) is 11.8 Å². The predicted molar refractivity (Wildman–Crippen MR) is 77.8 cm³/mol. The Bertz CT molecular complexity index is 457. The first-order valence-electron chi connectivity index (χ1n) is 7.54. The van der Waals surface area contributed by atoms with Gasteiger partial charge in [0.05, 0.1) is 0 Å². The Labute approximate surface area is 112 Å². The molecule has 3 atom stereocenters. The van der Waals surface area contributed by atoms with Gasteiger partial charge in [-0.2, -0.15) is 0 Å². The largest absolute Gasteiger partial charge is 0.0620 e. The van der Waals surface area contributed by atoms with Gasteiger partial charge in [0.15, 0.2) is 0 Å². The Hall–Kier alpha value is -0.780. The fourth-order valence-corrected chi connectivity index (χ4v) is 4.84. The third-order valence-electron chi connectivity index (χ3n) is 6.37. The molecular weight excluding hydrogens is 216 g/mol. The number of rotatable bonds is 0. The number of aryl methyl sites for hydroxylation is 1. The maximum absolute atomic E-state index is 2.53. The normalized spacial score (nSPS) is 37.8. The van der Waals surface area contributed by atoms with Crippen LogP contribution in [0.5, 0.6) is 0 Å². The topological polar surface area (TPSA) is 0 Å². The third-order valence-corrected chi connectivity index (χ3v) is 6.37. The maximum Gasteiger partial charge on any atom is -0.00389 e. The van der Waals surface area contributed by atoms with Crippen molar-refractivity contribution in [3.63, 3.8) is 0 Å². The highest BCUT2D eigenvalue weighted by Gasteiger charge is 2.52. The fraction of sp³-hybridized carbons (Fsp3) is 0.667. The molecule has 0 amide bonds. The minimum absolute atomic E-state index is 0.421. The number of hydrogen-bond acceptors (Lipinski definition) is 0. The van der Waals surface area contributed by atoms with Crippen LogP contribution in [-0.4, -0.2) is 0 Å². The standard InChI is InChI=1S/C18H26/c1-13-11-12-18(4)15-8-6-5-7-14(15)9-10-16(18)17(13,2)3/h5-8,13,16H,9-12H2,1-4H3. The molecule has 2 aliphatic carbocycles. The van der Waals surface area contributed by atoms with E-state index in [9.17, 15) is 0 Å². The molecule has 18 heavy (non-hydrogen) atoms. The minimum Gasteiger partial charge on any atom is -0.0620 e. The molecule has 2 aliphatic rings. The summed E-state index contributed by atoms with van der Waals surface area (Å²) in [5.41, 5.74) is 4.17. The Balaban J connectivity index is 2.10. The van der Waals surface area contributed by atoms with Crippen LogP contribution in [0.2, 0.25) is 0 Å². The van der Waals surface area contributed by atoms with Crippen LogP contribution < -0.4 is 0 Å². The van der Waals surface area contributed by atoms with Crippen LogP contribution in [0.15, 0.2) is 24.3 Å². The van der Waals surface area contributed by atoms with Crippen molar-refractivity contribution in [1.29, 1.82) is 0 Å². The van der Waals surface area contributed by atoms with Crippen LogP contribution in [0.25, 0.3) is 0 Å². The van der Waals surface area contributed by atoms with Crippen molar-refractivity contribution >= 4 is 0 Å². The summed E-state index contributed by atoms with van der Waals surface area (Å²) in [6.45, 7) is 10.0. The van der Waals surface area contributed by atoms with Crippen LogP contribution in [0.3, 0.4) is 0 Å². The molecule has 0 heterocycles. The van der Waals surface area contributed by atoms with Gasteiger partial charge in [-0.1, -0.05) is 52.0 Å². The van der Waals surface area contributed by atoms with E-state index in [0.29, 0.717) is 10.8 Å². The Morgan fingerprint density at radius 3 is 2.56 bits per heavy atom. The van der Waals surface area contributed by atoms with Gasteiger partial charge in [0.2, 0.25) is 0 Å². The molecule has 1 aromatic carbocycles. The van der Waals surface area contributed by atoms with Crippen LogP contribution in [0.1, 0.15) is 58.1 Å². The van der Waals surface area contributed by atoms with Crippen LogP contribution in [0.4, 0.5) is 0 Å². The highest BCUT2D eigenvalue weighted by atomic mass is 14.6. The summed E-state index contributed by atoms with van der Waals surface area (Å²) in [4.78, 5) is 0. The van der Waals surface area contributed by atoms with Crippen molar-refractivity contribution in [1.82, 2.24) is 0 Å². The second kappa shape index (κ2) is 3.85. The van der Waals surface area contributed by atoms with Crippen LogP contribution in [-0.2, 0) is 11.8 Å². The van der Waals surface area contributed by atoms with Gasteiger partial charge >= 0.3 is 0 Å². The smallest absolute Gasteiger partial charge is 0.00389 e. The summed E-state index contributed by atoms with van der Waals surface area (Å²) in [5, 5.41) is 0. The number of benzene rings is 1. The van der Waals surface area contributed by atoms with Crippen molar-refractivity contribution < 1.29 is 0 Å². The third kappa shape index (κ3) is 1.51. The lowest BCUT2D eigenvalue weighted by Crippen LogP contribution is -2.51. The van der Waals surface area contributed by atoms with Crippen molar-refractivity contribution in [3.8, 4) is 0 Å². The summed E-state index contributed by atoms with van der Waals surface area (Å²) in [6, 6.07) is 9.19. The van der Waals surface area contributed by atoms with Crippen molar-refractivity contribution in [2.75, 3.05) is 0 Å². The monoisotopic (exact) mass is 242 g/mol. The zero-order valence-corrected chi connectivity index (χ0v) is 12.3. The van der Waals surface area contributed by atoms with Gasteiger partial charge in [0.1, 0.15) is 0 Å². The van der Waals surface area contributed by atoms with E-state index in [4.69, 9.17) is 0 Å². The Kier molecular flexibility index (Phi) is 2.63. The Morgan fingerprint density at radius 1 is 1.06 bits per heavy atom.